The minimum absolute atomic E-state index is 0.830. The minimum Gasteiger partial charge on any atom is -0.302 e. The van der Waals surface area contributed by atoms with Crippen LogP contribution >= 0.6 is 0 Å². The van der Waals surface area contributed by atoms with Gasteiger partial charge in [0.1, 0.15) is 0 Å². The van der Waals surface area contributed by atoms with Gasteiger partial charge in [0.2, 0.25) is 9.04 Å². The second-order valence-corrected chi connectivity index (χ2v) is 6.04. The van der Waals surface area contributed by atoms with Crippen LogP contribution in [0.5, 0.6) is 0 Å². The monoisotopic (exact) mass is 173 g/mol. The van der Waals surface area contributed by atoms with Crippen molar-refractivity contribution >= 4 is 9.04 Å². The molecule has 67 valence electrons. The first-order chi connectivity index (χ1) is 5.13. The summed E-state index contributed by atoms with van der Waals surface area (Å²) < 4.78 is 0. The van der Waals surface area contributed by atoms with Crippen molar-refractivity contribution in [1.82, 2.24) is 0 Å². The molecule has 0 aromatic rings. The molecule has 0 aromatic heterocycles. The lowest BCUT2D eigenvalue weighted by Crippen LogP contribution is -2.01. The van der Waals surface area contributed by atoms with Crippen molar-refractivity contribution in [3.63, 3.8) is 0 Å². The summed E-state index contributed by atoms with van der Waals surface area (Å²) in [7, 11) is -1.49. The summed E-state index contributed by atoms with van der Waals surface area (Å²) in [5, 5.41) is 0. The van der Waals surface area contributed by atoms with Crippen LogP contribution in [0.2, 0.25) is 12.6 Å². The molecule has 1 nitrogen and oxygen atoms in total. The topological polar surface area (TPSA) is 19.9 Å². The van der Waals surface area contributed by atoms with Gasteiger partial charge in [0.15, 0.2) is 0 Å². The van der Waals surface area contributed by atoms with Gasteiger partial charge in [-0.1, -0.05) is 39.5 Å². The second-order valence-electron chi connectivity index (χ2n) is 3.84. The summed E-state index contributed by atoms with van der Waals surface area (Å²) in [4.78, 5) is 10.8. The molecule has 0 bridgehead atoms. The van der Waals surface area contributed by atoms with Crippen LogP contribution in [0.3, 0.4) is 0 Å². The first-order valence-corrected chi connectivity index (χ1v) is 7.23. The van der Waals surface area contributed by atoms with E-state index >= 15 is 0 Å². The highest BCUT2D eigenvalue weighted by Crippen LogP contribution is 2.10. The Morgan fingerprint density at radius 2 is 1.82 bits per heavy atom. The molecule has 0 N–H and O–H groups in total. The zero-order valence-corrected chi connectivity index (χ0v) is 9.25. The van der Waals surface area contributed by atoms with Crippen molar-refractivity contribution in [3.05, 3.63) is 0 Å². The Balaban J connectivity index is 2.91. The van der Waals surface area contributed by atoms with Crippen LogP contribution in [0, 0.1) is 5.92 Å². The Labute approximate surface area is 72.6 Å². The van der Waals surface area contributed by atoms with E-state index in [1.54, 1.807) is 0 Å². The zero-order chi connectivity index (χ0) is 8.69. The first-order valence-electron chi connectivity index (χ1n) is 4.78. The Hall–Kier alpha value is 0.177. The first kappa shape index (κ1) is 11.2. The Kier molecular flexibility index (Phi) is 6.97. The fourth-order valence-corrected chi connectivity index (χ4v) is 2.02. The predicted octanol–water partition coefficient (Wildman–Crippen LogP) is 2.99. The fraction of sp³-hybridized carbons (Fsp3) is 1.00. The highest BCUT2D eigenvalue weighted by molar-refractivity contribution is 6.48. The van der Waals surface area contributed by atoms with Gasteiger partial charge >= 0.3 is 0 Å². The molecule has 0 aliphatic heterocycles. The lowest BCUT2D eigenvalue weighted by atomic mass is 10.1. The van der Waals surface area contributed by atoms with Crippen molar-refractivity contribution in [3.8, 4) is 0 Å². The molecule has 1 atom stereocenters. The molecule has 1 radical (unpaired) electrons. The van der Waals surface area contributed by atoms with Gasteiger partial charge in [0.05, 0.1) is 0 Å². The van der Waals surface area contributed by atoms with E-state index in [-0.39, 0.29) is 0 Å². The Morgan fingerprint density at radius 1 is 1.18 bits per heavy atom. The maximum absolute atomic E-state index is 10.8. The number of rotatable bonds is 6. The molecule has 11 heavy (non-hydrogen) atoms. The van der Waals surface area contributed by atoms with Gasteiger partial charge in [0, 0.05) is 0 Å². The molecule has 0 fully saturated rings. The average molecular weight is 173 g/mol. The molecule has 0 aliphatic carbocycles. The molecule has 0 spiro atoms. The van der Waals surface area contributed by atoms with E-state index in [1.807, 2.05) is 6.55 Å². The summed E-state index contributed by atoms with van der Waals surface area (Å²) in [5.41, 5.74) is 0. The van der Waals surface area contributed by atoms with Gasteiger partial charge in [-0.05, 0) is 18.5 Å². The van der Waals surface area contributed by atoms with E-state index < -0.39 is 9.04 Å². The summed E-state index contributed by atoms with van der Waals surface area (Å²) in [5.74, 6) is 0.830. The zero-order valence-electron chi connectivity index (χ0n) is 8.10. The van der Waals surface area contributed by atoms with Crippen molar-refractivity contribution in [2.24, 2.45) is 5.92 Å². The SMILES string of the molecule is CC(C)CCCCC[SiH](C)[O]. The third-order valence-corrected chi connectivity index (χ3v) is 3.11. The highest BCUT2D eigenvalue weighted by atomic mass is 28.3. The Bertz CT molecular complexity index is 71.6. The van der Waals surface area contributed by atoms with E-state index in [2.05, 4.69) is 13.8 Å². The predicted molar refractivity (Wildman–Crippen MR) is 51.8 cm³/mol. The smallest absolute Gasteiger partial charge is 0.219 e. The largest absolute Gasteiger partial charge is 0.302 e. The standard InChI is InChI=1S/C9H21OSi/c1-9(2)7-5-4-6-8-11(3)10/h9,11H,4-8H2,1-3H3. The second kappa shape index (κ2) is 6.86. The molecule has 0 saturated heterocycles. The summed E-state index contributed by atoms with van der Waals surface area (Å²) in [6, 6.07) is 0.998. The van der Waals surface area contributed by atoms with Crippen LogP contribution in [-0.2, 0) is 4.80 Å². The molecule has 0 rings (SSSR count). The Morgan fingerprint density at radius 3 is 2.27 bits per heavy atom. The molecule has 0 saturated carbocycles. The molecule has 0 heterocycles. The van der Waals surface area contributed by atoms with E-state index in [9.17, 15) is 4.80 Å². The van der Waals surface area contributed by atoms with Gasteiger partial charge in [-0.15, -0.1) is 0 Å². The lowest BCUT2D eigenvalue weighted by molar-refractivity contribution is 0.446. The van der Waals surface area contributed by atoms with Gasteiger partial charge in [-0.2, -0.15) is 0 Å². The van der Waals surface area contributed by atoms with Crippen molar-refractivity contribution in [2.45, 2.75) is 52.1 Å². The molecular weight excluding hydrogens is 152 g/mol. The van der Waals surface area contributed by atoms with E-state index in [1.165, 1.54) is 25.7 Å². The van der Waals surface area contributed by atoms with Gasteiger partial charge in [0.25, 0.3) is 0 Å². The van der Waals surface area contributed by atoms with Gasteiger partial charge in [-0.25, -0.2) is 0 Å². The summed E-state index contributed by atoms with van der Waals surface area (Å²) in [6.07, 6.45) is 5.11. The maximum Gasteiger partial charge on any atom is 0.219 e. The summed E-state index contributed by atoms with van der Waals surface area (Å²) >= 11 is 0. The van der Waals surface area contributed by atoms with Crippen molar-refractivity contribution in [2.75, 3.05) is 0 Å². The van der Waals surface area contributed by atoms with Gasteiger partial charge < -0.3 is 4.80 Å². The van der Waals surface area contributed by atoms with E-state index in [4.69, 9.17) is 0 Å². The molecule has 0 aliphatic rings. The molecule has 2 heteroatoms. The van der Waals surface area contributed by atoms with E-state index in [0.717, 1.165) is 12.0 Å². The van der Waals surface area contributed by atoms with E-state index in [0.29, 0.717) is 0 Å². The summed E-state index contributed by atoms with van der Waals surface area (Å²) in [6.45, 7) is 6.40. The van der Waals surface area contributed by atoms with Crippen LogP contribution in [0.4, 0.5) is 0 Å². The number of unbranched alkanes of at least 4 members (excludes halogenated alkanes) is 2. The van der Waals surface area contributed by atoms with Crippen LogP contribution in [0.15, 0.2) is 0 Å². The molecular formula is C9H21OSi. The molecule has 0 amide bonds. The normalized spacial score (nSPS) is 13.9. The maximum atomic E-state index is 10.8. The molecule has 1 unspecified atom stereocenters. The minimum atomic E-state index is -1.49. The van der Waals surface area contributed by atoms with Crippen LogP contribution < -0.4 is 0 Å². The quantitative estimate of drug-likeness (QED) is 0.435. The third-order valence-electron chi connectivity index (χ3n) is 1.89. The molecule has 0 aromatic carbocycles. The van der Waals surface area contributed by atoms with Gasteiger partial charge in [-0.3, -0.25) is 0 Å². The third kappa shape index (κ3) is 10.2. The number of hydrogen-bond donors (Lipinski definition) is 0. The van der Waals surface area contributed by atoms with Crippen molar-refractivity contribution in [1.29, 1.82) is 0 Å². The number of hydrogen-bond acceptors (Lipinski definition) is 0. The lowest BCUT2D eigenvalue weighted by Gasteiger charge is -2.03. The van der Waals surface area contributed by atoms with Crippen molar-refractivity contribution < 1.29 is 4.80 Å². The average Bonchev–Trinajstić information content (AvgIpc) is 1.85. The van der Waals surface area contributed by atoms with Crippen LogP contribution in [0.1, 0.15) is 39.5 Å². The van der Waals surface area contributed by atoms with Crippen LogP contribution in [0.25, 0.3) is 0 Å². The fourth-order valence-electron chi connectivity index (χ4n) is 1.16. The van der Waals surface area contributed by atoms with Crippen LogP contribution in [-0.4, -0.2) is 9.04 Å². The highest BCUT2D eigenvalue weighted by Gasteiger charge is 2.00.